The monoisotopic (exact) mass is 529 g/mol. The van der Waals surface area contributed by atoms with Gasteiger partial charge >= 0.3 is 0 Å². The lowest BCUT2D eigenvalue weighted by molar-refractivity contribution is 0.265. The topological polar surface area (TPSA) is 75.4 Å². The van der Waals surface area contributed by atoms with E-state index in [0.29, 0.717) is 24.0 Å². The molecule has 2 aromatic rings. The molecule has 30 heavy (non-hydrogen) atoms. The lowest BCUT2D eigenvalue weighted by Crippen LogP contribution is -2.47. The van der Waals surface area contributed by atoms with Gasteiger partial charge in [-0.15, -0.1) is 24.0 Å². The summed E-state index contributed by atoms with van der Waals surface area (Å²) in [6.45, 7) is 5.16. The Morgan fingerprint density at radius 3 is 2.33 bits per heavy atom. The average molecular weight is 529 g/mol. The number of benzene rings is 2. The maximum Gasteiger partial charge on any atom is 0.193 e. The molecule has 1 aliphatic heterocycles. The zero-order chi connectivity index (χ0) is 20.6. The van der Waals surface area contributed by atoms with Crippen LogP contribution in [0, 0.1) is 5.82 Å². The van der Waals surface area contributed by atoms with Crippen LogP contribution >= 0.6 is 24.0 Å². The number of hydrogen-bond acceptors (Lipinski definition) is 5. The molecule has 1 fully saturated rings. The van der Waals surface area contributed by atoms with E-state index in [9.17, 15) is 4.39 Å². The van der Waals surface area contributed by atoms with Crippen LogP contribution in [0.1, 0.15) is 0 Å². The molecule has 0 spiro atoms. The molecule has 1 heterocycles. The minimum absolute atomic E-state index is 0. The van der Waals surface area contributed by atoms with Crippen LogP contribution in [0.3, 0.4) is 0 Å². The molecule has 0 amide bonds. The van der Waals surface area contributed by atoms with Crippen LogP contribution in [0.4, 0.5) is 15.8 Å². The van der Waals surface area contributed by atoms with Crippen LogP contribution in [0.25, 0.3) is 0 Å². The Labute approximate surface area is 194 Å². The normalized spacial score (nSPS) is 14.8. The first kappa shape index (κ1) is 24.0. The van der Waals surface area contributed by atoms with E-state index in [1.807, 2.05) is 30.3 Å². The minimum atomic E-state index is -0.204. The van der Waals surface area contributed by atoms with Gasteiger partial charge in [0.2, 0.25) is 0 Å². The quantitative estimate of drug-likeness (QED) is 0.327. The lowest BCUT2D eigenvalue weighted by atomic mass is 10.2. The molecule has 164 valence electrons. The van der Waals surface area contributed by atoms with E-state index in [2.05, 4.69) is 20.1 Å². The molecular formula is C21H29FIN5O2. The maximum atomic E-state index is 13.1. The molecule has 2 aromatic carbocycles. The SMILES string of the molecule is COc1ccc(NC(N)=NCCN2CCN(c3ccc(F)cc3)CC2)cc1OC.I. The Hall–Kier alpha value is -2.27. The summed E-state index contributed by atoms with van der Waals surface area (Å²) in [7, 11) is 3.19. The summed E-state index contributed by atoms with van der Waals surface area (Å²) in [6, 6.07) is 12.2. The number of nitrogens with one attached hydrogen (secondary N) is 1. The van der Waals surface area contributed by atoms with Crippen LogP contribution in [-0.4, -0.2) is 64.3 Å². The second kappa shape index (κ2) is 11.8. The number of methoxy groups -OCH3 is 2. The van der Waals surface area contributed by atoms with Crippen molar-refractivity contribution >= 4 is 41.3 Å². The van der Waals surface area contributed by atoms with Crippen molar-refractivity contribution in [2.75, 3.05) is 63.7 Å². The summed E-state index contributed by atoms with van der Waals surface area (Å²) < 4.78 is 23.6. The van der Waals surface area contributed by atoms with Gasteiger partial charge in [0.1, 0.15) is 5.82 Å². The summed E-state index contributed by atoms with van der Waals surface area (Å²) in [5.74, 6) is 1.45. The summed E-state index contributed by atoms with van der Waals surface area (Å²) >= 11 is 0. The fourth-order valence-electron chi connectivity index (χ4n) is 3.29. The fraction of sp³-hybridized carbons (Fsp3) is 0.381. The molecule has 0 bridgehead atoms. The van der Waals surface area contributed by atoms with E-state index in [1.54, 1.807) is 14.2 Å². The molecule has 0 unspecified atom stereocenters. The van der Waals surface area contributed by atoms with Gasteiger partial charge in [0.05, 0.1) is 20.8 Å². The van der Waals surface area contributed by atoms with Gasteiger partial charge in [0, 0.05) is 50.2 Å². The predicted molar refractivity (Wildman–Crippen MR) is 130 cm³/mol. The van der Waals surface area contributed by atoms with E-state index in [4.69, 9.17) is 15.2 Å². The first-order valence-corrected chi connectivity index (χ1v) is 9.61. The highest BCUT2D eigenvalue weighted by molar-refractivity contribution is 14.0. The predicted octanol–water partition coefficient (Wildman–Crippen LogP) is 3.01. The number of halogens is 2. The molecular weight excluding hydrogens is 500 g/mol. The molecule has 1 aliphatic rings. The summed E-state index contributed by atoms with van der Waals surface area (Å²) in [6.07, 6.45) is 0. The van der Waals surface area contributed by atoms with E-state index < -0.39 is 0 Å². The molecule has 0 saturated carbocycles. The number of piperazine rings is 1. The summed E-state index contributed by atoms with van der Waals surface area (Å²) in [5.41, 5.74) is 7.85. The van der Waals surface area contributed by atoms with Crippen molar-refractivity contribution < 1.29 is 13.9 Å². The maximum absolute atomic E-state index is 13.1. The fourth-order valence-corrected chi connectivity index (χ4v) is 3.29. The van der Waals surface area contributed by atoms with Gasteiger partial charge in [-0.2, -0.15) is 0 Å². The molecule has 0 atom stereocenters. The number of anilines is 2. The van der Waals surface area contributed by atoms with Gasteiger partial charge in [-0.1, -0.05) is 0 Å². The molecule has 0 radical (unpaired) electrons. The second-order valence-corrected chi connectivity index (χ2v) is 6.77. The number of ether oxygens (including phenoxy) is 2. The van der Waals surface area contributed by atoms with Gasteiger partial charge in [-0.3, -0.25) is 9.89 Å². The third-order valence-electron chi connectivity index (χ3n) is 4.92. The summed E-state index contributed by atoms with van der Waals surface area (Å²) in [5, 5.41) is 3.07. The van der Waals surface area contributed by atoms with Gasteiger partial charge < -0.3 is 25.4 Å². The van der Waals surface area contributed by atoms with Crippen LogP contribution in [0.5, 0.6) is 11.5 Å². The third-order valence-corrected chi connectivity index (χ3v) is 4.92. The molecule has 7 nitrogen and oxygen atoms in total. The van der Waals surface area contributed by atoms with Crippen molar-refractivity contribution in [1.29, 1.82) is 0 Å². The highest BCUT2D eigenvalue weighted by atomic mass is 127. The Morgan fingerprint density at radius 2 is 1.70 bits per heavy atom. The van der Waals surface area contributed by atoms with E-state index in [-0.39, 0.29) is 29.8 Å². The van der Waals surface area contributed by atoms with Crippen molar-refractivity contribution in [1.82, 2.24) is 4.90 Å². The Kier molecular flexibility index (Phi) is 9.44. The average Bonchev–Trinajstić information content (AvgIpc) is 2.74. The Morgan fingerprint density at radius 1 is 1.03 bits per heavy atom. The lowest BCUT2D eigenvalue weighted by Gasteiger charge is -2.35. The standard InChI is InChI=1S/C21H28FN5O2.HI/c1-28-19-8-5-17(15-20(19)29-2)25-21(23)24-9-10-26-11-13-27(14-12-26)18-6-3-16(22)4-7-18;/h3-8,15H,9-14H2,1-2H3,(H3,23,24,25);1H. The largest absolute Gasteiger partial charge is 0.493 e. The van der Waals surface area contributed by atoms with Crippen LogP contribution in [0.2, 0.25) is 0 Å². The number of rotatable bonds is 7. The molecule has 3 rings (SSSR count). The second-order valence-electron chi connectivity index (χ2n) is 6.77. The Bertz CT molecular complexity index is 827. The number of nitrogens with two attached hydrogens (primary N) is 1. The van der Waals surface area contributed by atoms with Crippen LogP contribution < -0.4 is 25.4 Å². The van der Waals surface area contributed by atoms with Crippen molar-refractivity contribution in [2.45, 2.75) is 0 Å². The van der Waals surface area contributed by atoms with Gasteiger partial charge in [0.25, 0.3) is 0 Å². The van der Waals surface area contributed by atoms with E-state index in [0.717, 1.165) is 44.1 Å². The van der Waals surface area contributed by atoms with Crippen molar-refractivity contribution in [3.63, 3.8) is 0 Å². The number of aliphatic imine (C=N–C) groups is 1. The molecule has 9 heteroatoms. The number of nitrogens with zero attached hydrogens (tertiary/aromatic N) is 3. The highest BCUT2D eigenvalue weighted by Crippen LogP contribution is 2.29. The number of guanidine groups is 1. The van der Waals surface area contributed by atoms with E-state index >= 15 is 0 Å². The van der Waals surface area contributed by atoms with Crippen LogP contribution in [-0.2, 0) is 0 Å². The minimum Gasteiger partial charge on any atom is -0.493 e. The van der Waals surface area contributed by atoms with E-state index in [1.165, 1.54) is 12.1 Å². The van der Waals surface area contributed by atoms with Gasteiger partial charge in [-0.05, 0) is 36.4 Å². The molecule has 3 N–H and O–H groups in total. The van der Waals surface area contributed by atoms with Crippen molar-refractivity contribution in [3.8, 4) is 11.5 Å². The van der Waals surface area contributed by atoms with Crippen LogP contribution in [0.15, 0.2) is 47.5 Å². The molecule has 1 saturated heterocycles. The molecule has 0 aliphatic carbocycles. The summed E-state index contributed by atoms with van der Waals surface area (Å²) in [4.78, 5) is 9.04. The highest BCUT2D eigenvalue weighted by Gasteiger charge is 2.16. The van der Waals surface area contributed by atoms with Crippen molar-refractivity contribution in [2.24, 2.45) is 10.7 Å². The number of hydrogen-bond donors (Lipinski definition) is 2. The smallest absolute Gasteiger partial charge is 0.193 e. The zero-order valence-corrected chi connectivity index (χ0v) is 19.6. The molecule has 0 aromatic heterocycles. The van der Waals surface area contributed by atoms with Gasteiger partial charge in [0.15, 0.2) is 17.5 Å². The zero-order valence-electron chi connectivity index (χ0n) is 17.3. The van der Waals surface area contributed by atoms with Gasteiger partial charge in [-0.25, -0.2) is 4.39 Å². The Balaban J connectivity index is 0.00000320. The van der Waals surface area contributed by atoms with Crippen molar-refractivity contribution in [3.05, 3.63) is 48.3 Å². The third kappa shape index (κ3) is 6.63. The first-order chi connectivity index (χ1) is 14.1. The first-order valence-electron chi connectivity index (χ1n) is 9.61.